The van der Waals surface area contributed by atoms with Gasteiger partial charge in [0, 0.05) is 16.0 Å². The third-order valence-electron chi connectivity index (χ3n) is 4.23. The van der Waals surface area contributed by atoms with Gasteiger partial charge in [-0.1, -0.05) is 23.4 Å². The number of fused-ring (bicyclic) bond motifs is 1. The molecule has 1 N–H and O–H groups in total. The number of phenolic OH excluding ortho intramolecular Hbond substituents is 1. The number of aryl methyl sites for hydroxylation is 2. The lowest BCUT2D eigenvalue weighted by molar-refractivity contribution is 0.393. The van der Waals surface area contributed by atoms with E-state index in [4.69, 9.17) is 17.2 Å². The number of nitrogens with zero attached hydrogens (tertiary/aromatic N) is 2. The minimum absolute atomic E-state index is 0.236. The number of rotatable bonds is 2. The van der Waals surface area contributed by atoms with Crippen LogP contribution in [0.1, 0.15) is 11.5 Å². The van der Waals surface area contributed by atoms with Gasteiger partial charge in [-0.25, -0.2) is 0 Å². The monoisotopic (exact) mass is 336 g/mol. The summed E-state index contributed by atoms with van der Waals surface area (Å²) >= 11 is 4.80. The summed E-state index contributed by atoms with van der Waals surface area (Å²) < 4.78 is 7.50. The number of phenols is 1. The first kappa shape index (κ1) is 14.9. The topological polar surface area (TPSA) is 51.2 Å². The van der Waals surface area contributed by atoms with Crippen LogP contribution in [-0.4, -0.2) is 14.8 Å². The summed E-state index contributed by atoms with van der Waals surface area (Å²) in [7, 11) is 0. The van der Waals surface area contributed by atoms with E-state index in [0.717, 1.165) is 44.2 Å². The quantitative estimate of drug-likeness (QED) is 0.512. The number of hydrogen-bond acceptors (Lipinski definition) is 4. The first-order valence-corrected chi connectivity index (χ1v) is 8.07. The molecule has 0 saturated carbocycles. The summed E-state index contributed by atoms with van der Waals surface area (Å²) in [5.41, 5.74) is 4.71. The van der Waals surface area contributed by atoms with Gasteiger partial charge in [-0.05, 0) is 44.2 Å². The molecule has 0 aliphatic heterocycles. The molecule has 0 amide bonds. The van der Waals surface area contributed by atoms with Crippen LogP contribution in [0.4, 0.5) is 0 Å². The van der Waals surface area contributed by atoms with Gasteiger partial charge in [-0.3, -0.25) is 0 Å². The zero-order valence-corrected chi connectivity index (χ0v) is 14.2. The highest BCUT2D eigenvalue weighted by Gasteiger charge is 2.23. The van der Waals surface area contributed by atoms with Gasteiger partial charge in [0.2, 0.25) is 0 Å². The van der Waals surface area contributed by atoms with Gasteiger partial charge in [0.1, 0.15) is 11.5 Å². The molecule has 0 fully saturated rings. The first-order chi connectivity index (χ1) is 11.6. The van der Waals surface area contributed by atoms with Crippen molar-refractivity contribution in [1.82, 2.24) is 9.72 Å². The first-order valence-electron chi connectivity index (χ1n) is 7.63. The van der Waals surface area contributed by atoms with Gasteiger partial charge < -0.3 is 14.2 Å². The molecular formula is C19H16N2O2S. The van der Waals surface area contributed by atoms with Crippen LogP contribution in [0.3, 0.4) is 0 Å². The van der Waals surface area contributed by atoms with E-state index < -0.39 is 0 Å². The maximum absolute atomic E-state index is 9.61. The van der Waals surface area contributed by atoms with Crippen LogP contribution in [-0.2, 0) is 0 Å². The molecule has 0 bridgehead atoms. The molecule has 2 heterocycles. The van der Waals surface area contributed by atoms with Gasteiger partial charge in [0.25, 0.3) is 0 Å². The molecule has 2 aromatic heterocycles. The fraction of sp³-hybridized carbons (Fsp3) is 0.105. The van der Waals surface area contributed by atoms with E-state index in [2.05, 4.69) is 21.9 Å². The predicted molar refractivity (Wildman–Crippen MR) is 97.2 cm³/mol. The molecule has 0 atom stereocenters. The predicted octanol–water partition coefficient (Wildman–Crippen LogP) is 4.90. The van der Waals surface area contributed by atoms with Crippen molar-refractivity contribution in [2.24, 2.45) is 0 Å². The van der Waals surface area contributed by atoms with Crippen LogP contribution in [0.5, 0.6) is 5.75 Å². The smallest absolute Gasteiger partial charge is 0.143 e. The van der Waals surface area contributed by atoms with E-state index in [0.29, 0.717) is 0 Å². The second-order valence-electron chi connectivity index (χ2n) is 5.77. The lowest BCUT2D eigenvalue weighted by atomic mass is 10.1. The Labute approximate surface area is 144 Å². The zero-order valence-electron chi connectivity index (χ0n) is 13.3. The standard InChI is InChI=1S/C19H16N2O2S/c1-11-17(12(2)23-20-11)18-19(24)15-5-3-4-6-16(15)21(18)13-7-9-14(22)10-8-13/h3-10,22,24H,1-2H3. The number of aromatic nitrogens is 2. The van der Waals surface area contributed by atoms with Crippen LogP contribution in [0.15, 0.2) is 57.9 Å². The van der Waals surface area contributed by atoms with Crippen LogP contribution in [0.25, 0.3) is 27.8 Å². The summed E-state index contributed by atoms with van der Waals surface area (Å²) in [5, 5.41) is 14.8. The largest absolute Gasteiger partial charge is 0.508 e. The van der Waals surface area contributed by atoms with Crippen LogP contribution in [0, 0.1) is 13.8 Å². The number of benzene rings is 2. The minimum atomic E-state index is 0.236. The number of aromatic hydroxyl groups is 1. The Balaban J connectivity index is 2.15. The molecule has 0 saturated heterocycles. The van der Waals surface area contributed by atoms with Crippen LogP contribution < -0.4 is 0 Å². The molecule has 0 aliphatic rings. The highest BCUT2D eigenvalue weighted by Crippen LogP contribution is 2.41. The lowest BCUT2D eigenvalue weighted by Crippen LogP contribution is -1.98. The summed E-state index contributed by atoms with van der Waals surface area (Å²) in [6.45, 7) is 3.83. The molecule has 5 heteroatoms. The van der Waals surface area contributed by atoms with Gasteiger partial charge in [-0.2, -0.15) is 0 Å². The molecule has 0 unspecified atom stereocenters. The highest BCUT2D eigenvalue weighted by molar-refractivity contribution is 7.80. The SMILES string of the molecule is Cc1noc(C)c1-c1c(S)c2ccccc2n1-c1ccc(O)cc1. The second kappa shape index (κ2) is 5.46. The number of hydrogen-bond donors (Lipinski definition) is 2. The van der Waals surface area contributed by atoms with Gasteiger partial charge in [0.15, 0.2) is 0 Å². The number of thiol groups is 1. The normalized spacial score (nSPS) is 11.3. The molecule has 24 heavy (non-hydrogen) atoms. The third-order valence-corrected chi connectivity index (χ3v) is 4.68. The van der Waals surface area contributed by atoms with E-state index in [1.54, 1.807) is 12.1 Å². The summed E-state index contributed by atoms with van der Waals surface area (Å²) in [6.07, 6.45) is 0. The van der Waals surface area contributed by atoms with Crippen molar-refractivity contribution in [2.45, 2.75) is 18.7 Å². The van der Waals surface area contributed by atoms with Crippen molar-refractivity contribution in [1.29, 1.82) is 0 Å². The Bertz CT molecular complexity index is 1030. The Morgan fingerprint density at radius 2 is 1.75 bits per heavy atom. The fourth-order valence-corrected chi connectivity index (χ4v) is 3.54. The maximum Gasteiger partial charge on any atom is 0.143 e. The highest BCUT2D eigenvalue weighted by atomic mass is 32.1. The molecule has 4 aromatic rings. The lowest BCUT2D eigenvalue weighted by Gasteiger charge is -2.11. The van der Waals surface area contributed by atoms with Crippen molar-refractivity contribution in [3.63, 3.8) is 0 Å². The Morgan fingerprint density at radius 3 is 2.42 bits per heavy atom. The fourth-order valence-electron chi connectivity index (χ4n) is 3.14. The summed E-state index contributed by atoms with van der Waals surface area (Å²) in [5.74, 6) is 0.992. The van der Waals surface area contributed by atoms with Crippen molar-refractivity contribution in [3.05, 3.63) is 60.0 Å². The van der Waals surface area contributed by atoms with E-state index in [1.807, 2.05) is 38.1 Å². The molecule has 4 rings (SSSR count). The molecular weight excluding hydrogens is 320 g/mol. The average molecular weight is 336 g/mol. The minimum Gasteiger partial charge on any atom is -0.508 e. The van der Waals surface area contributed by atoms with Crippen molar-refractivity contribution >= 4 is 23.5 Å². The van der Waals surface area contributed by atoms with Crippen LogP contribution in [0.2, 0.25) is 0 Å². The molecule has 2 aromatic carbocycles. The van der Waals surface area contributed by atoms with Crippen molar-refractivity contribution in [2.75, 3.05) is 0 Å². The van der Waals surface area contributed by atoms with Crippen LogP contribution >= 0.6 is 12.6 Å². The van der Waals surface area contributed by atoms with Crippen molar-refractivity contribution < 1.29 is 9.63 Å². The summed E-state index contributed by atoms with van der Waals surface area (Å²) in [4.78, 5) is 0.882. The molecule has 0 spiro atoms. The second-order valence-corrected chi connectivity index (χ2v) is 6.21. The Kier molecular flexibility index (Phi) is 3.39. The van der Waals surface area contributed by atoms with Gasteiger partial charge >= 0.3 is 0 Å². The van der Waals surface area contributed by atoms with E-state index in [-0.39, 0.29) is 5.75 Å². The molecule has 4 nitrogen and oxygen atoms in total. The summed E-state index contributed by atoms with van der Waals surface area (Å²) in [6, 6.07) is 15.2. The molecule has 0 radical (unpaired) electrons. The van der Waals surface area contributed by atoms with E-state index in [9.17, 15) is 5.11 Å². The Hall–Kier alpha value is -2.66. The Morgan fingerprint density at radius 1 is 1.04 bits per heavy atom. The molecule has 0 aliphatic carbocycles. The van der Waals surface area contributed by atoms with Crippen molar-refractivity contribution in [3.8, 4) is 22.7 Å². The van der Waals surface area contributed by atoms with Gasteiger partial charge in [-0.15, -0.1) is 12.6 Å². The maximum atomic E-state index is 9.61. The molecule has 120 valence electrons. The third kappa shape index (κ3) is 2.12. The van der Waals surface area contributed by atoms with E-state index in [1.165, 1.54) is 0 Å². The average Bonchev–Trinajstić information content (AvgIpc) is 3.06. The van der Waals surface area contributed by atoms with E-state index >= 15 is 0 Å². The number of para-hydroxylation sites is 1. The van der Waals surface area contributed by atoms with Gasteiger partial charge in [0.05, 0.1) is 22.5 Å². The zero-order chi connectivity index (χ0) is 16.8.